The number of carbonyl (C=O) groups is 4. The van der Waals surface area contributed by atoms with Gasteiger partial charge in [0, 0.05) is 80.1 Å². The first-order valence-electron chi connectivity index (χ1n) is 15.7. The number of carbonyl (C=O) groups excluding carboxylic acids is 2. The maximum absolute atomic E-state index is 12.2. The van der Waals surface area contributed by atoms with Gasteiger partial charge in [0.05, 0.1) is 9.16 Å². The van der Waals surface area contributed by atoms with Crippen molar-refractivity contribution in [3.63, 3.8) is 0 Å². The van der Waals surface area contributed by atoms with Crippen LogP contribution in [0, 0.1) is 0 Å². The van der Waals surface area contributed by atoms with Gasteiger partial charge in [-0.25, -0.2) is 19.2 Å². The van der Waals surface area contributed by atoms with Gasteiger partial charge in [-0.3, -0.25) is 0 Å². The molecule has 2 N–H and O–H groups in total. The Labute approximate surface area is 327 Å². The zero-order chi connectivity index (χ0) is 36.3. The summed E-state index contributed by atoms with van der Waals surface area (Å²) in [5, 5.41) is 17.6. The highest BCUT2D eigenvalue weighted by Crippen LogP contribution is 2.35. The summed E-state index contributed by atoms with van der Waals surface area (Å²) in [5.41, 5.74) is 0. The topological polar surface area (TPSA) is 146 Å². The van der Waals surface area contributed by atoms with E-state index in [-0.39, 0.29) is 13.2 Å². The molecule has 0 saturated carbocycles. The van der Waals surface area contributed by atoms with Crippen LogP contribution in [0.3, 0.4) is 0 Å². The summed E-state index contributed by atoms with van der Waals surface area (Å²) in [6.07, 6.45) is 2.24. The molecule has 51 heavy (non-hydrogen) atoms. The van der Waals surface area contributed by atoms with Crippen LogP contribution in [0.2, 0.25) is 0 Å². The minimum Gasteiger partial charge on any atom is -0.490 e. The van der Waals surface area contributed by atoms with Crippen molar-refractivity contribution < 1.29 is 48.3 Å². The first-order valence-corrected chi connectivity index (χ1v) is 23.0. The molecular formula is C34H38O10S7. The van der Waals surface area contributed by atoms with Crippen LogP contribution in [0.5, 0.6) is 11.5 Å². The molecule has 276 valence electrons. The maximum atomic E-state index is 12.2. The van der Waals surface area contributed by atoms with Crippen LogP contribution in [-0.4, -0.2) is 115 Å². The number of carboxylic acids is 2. The van der Waals surface area contributed by atoms with Crippen molar-refractivity contribution >= 4 is 106 Å². The van der Waals surface area contributed by atoms with Gasteiger partial charge in [0.1, 0.15) is 36.9 Å². The fourth-order valence-corrected chi connectivity index (χ4v) is 13.8. The fourth-order valence-electron chi connectivity index (χ4n) is 4.24. The van der Waals surface area contributed by atoms with Crippen LogP contribution >= 0.6 is 82.3 Å². The second-order valence-electron chi connectivity index (χ2n) is 10.5. The van der Waals surface area contributed by atoms with Crippen molar-refractivity contribution in [1.29, 1.82) is 0 Å². The lowest BCUT2D eigenvalue weighted by Crippen LogP contribution is -2.27. The number of hydrogen-bond donors (Lipinski definition) is 2. The predicted molar refractivity (Wildman–Crippen MR) is 213 cm³/mol. The van der Waals surface area contributed by atoms with Crippen LogP contribution < -0.4 is 9.47 Å². The Bertz CT molecular complexity index is 1350. The number of aliphatic carboxylic acids is 2. The zero-order valence-electron chi connectivity index (χ0n) is 27.3. The van der Waals surface area contributed by atoms with Crippen LogP contribution in [-0.2, 0) is 28.7 Å². The SMILES string of the molecule is O=C(O)/C=C\C(=O)OC(COc1ccc(Sc2ccc(OCC(CSCC3SCCS3)OC(=O)/C=C\C(=O)O)cc2)cc1)CSCC1SCCS1. The number of benzene rings is 2. The summed E-state index contributed by atoms with van der Waals surface area (Å²) >= 11 is 12.7. The zero-order valence-corrected chi connectivity index (χ0v) is 33.0. The lowest BCUT2D eigenvalue weighted by atomic mass is 10.3. The van der Waals surface area contributed by atoms with E-state index >= 15 is 0 Å². The number of ether oxygens (including phenoxy) is 4. The van der Waals surface area contributed by atoms with E-state index in [2.05, 4.69) is 0 Å². The van der Waals surface area contributed by atoms with Crippen LogP contribution in [0.1, 0.15) is 0 Å². The van der Waals surface area contributed by atoms with Gasteiger partial charge in [-0.05, 0) is 48.5 Å². The van der Waals surface area contributed by atoms with Gasteiger partial charge in [-0.2, -0.15) is 23.5 Å². The monoisotopic (exact) mass is 830 g/mol. The molecule has 2 aliphatic rings. The highest BCUT2D eigenvalue weighted by Gasteiger charge is 2.21. The second-order valence-corrected chi connectivity index (χ2v) is 19.7. The largest absolute Gasteiger partial charge is 0.490 e. The molecule has 2 saturated heterocycles. The van der Waals surface area contributed by atoms with Gasteiger partial charge in [0.25, 0.3) is 0 Å². The summed E-state index contributed by atoms with van der Waals surface area (Å²) < 4.78 is 23.9. The average Bonchev–Trinajstić information content (AvgIpc) is 3.84. The van der Waals surface area contributed by atoms with Crippen molar-refractivity contribution in [3.8, 4) is 11.5 Å². The molecule has 0 bridgehead atoms. The quantitative estimate of drug-likeness (QED) is 0.0949. The summed E-state index contributed by atoms with van der Waals surface area (Å²) in [6.45, 7) is 0.268. The molecule has 2 fully saturated rings. The number of carboxylic acid groups (broad SMARTS) is 2. The average molecular weight is 831 g/mol. The predicted octanol–water partition coefficient (Wildman–Crippen LogP) is 6.78. The van der Waals surface area contributed by atoms with E-state index in [0.29, 0.717) is 32.2 Å². The molecule has 10 nitrogen and oxygen atoms in total. The molecule has 2 heterocycles. The number of rotatable bonds is 22. The Morgan fingerprint density at radius 1 is 0.627 bits per heavy atom. The molecule has 2 unspecified atom stereocenters. The van der Waals surface area contributed by atoms with Crippen molar-refractivity contribution in [3.05, 3.63) is 72.8 Å². The first-order chi connectivity index (χ1) is 24.7. The van der Waals surface area contributed by atoms with Gasteiger partial charge < -0.3 is 29.2 Å². The normalized spacial score (nSPS) is 16.3. The van der Waals surface area contributed by atoms with Crippen LogP contribution in [0.25, 0.3) is 0 Å². The summed E-state index contributed by atoms with van der Waals surface area (Å²) in [6, 6.07) is 15.1. The molecule has 0 radical (unpaired) electrons. The molecule has 2 aliphatic heterocycles. The molecular weight excluding hydrogens is 793 g/mol. The third-order valence-corrected chi connectivity index (χ3v) is 16.8. The summed E-state index contributed by atoms with van der Waals surface area (Å²) in [4.78, 5) is 47.8. The number of hydrogen-bond acceptors (Lipinski definition) is 15. The van der Waals surface area contributed by atoms with Crippen molar-refractivity contribution in [2.24, 2.45) is 0 Å². The minimum atomic E-state index is -1.22. The molecule has 2 aromatic rings. The van der Waals surface area contributed by atoms with Gasteiger partial charge in [-0.1, -0.05) is 11.8 Å². The fraction of sp³-hybridized carbons (Fsp3) is 0.412. The Balaban J connectivity index is 1.24. The Morgan fingerprint density at radius 2 is 1.00 bits per heavy atom. The minimum absolute atomic E-state index is 0.134. The number of thioether (sulfide) groups is 6. The van der Waals surface area contributed by atoms with Crippen LogP contribution in [0.15, 0.2) is 82.6 Å². The highest BCUT2D eigenvalue weighted by molar-refractivity contribution is 8.21. The van der Waals surface area contributed by atoms with E-state index in [0.717, 1.165) is 68.6 Å². The number of esters is 2. The third-order valence-electron chi connectivity index (χ3n) is 6.54. The molecule has 0 aliphatic carbocycles. The lowest BCUT2D eigenvalue weighted by Gasteiger charge is -2.18. The van der Waals surface area contributed by atoms with E-state index in [9.17, 15) is 19.2 Å². The van der Waals surface area contributed by atoms with Gasteiger partial charge in [0.2, 0.25) is 0 Å². The Kier molecular flexibility index (Phi) is 19.2. The van der Waals surface area contributed by atoms with E-state index in [1.807, 2.05) is 95.6 Å². The molecule has 0 amide bonds. The molecule has 2 atom stereocenters. The highest BCUT2D eigenvalue weighted by atomic mass is 32.2. The van der Waals surface area contributed by atoms with Crippen LogP contribution in [0.4, 0.5) is 0 Å². The molecule has 2 aromatic carbocycles. The van der Waals surface area contributed by atoms with Crippen molar-refractivity contribution in [1.82, 2.24) is 0 Å². The summed E-state index contributed by atoms with van der Waals surface area (Å²) in [7, 11) is 0. The first kappa shape index (κ1) is 41.6. The van der Waals surface area contributed by atoms with E-state index in [1.165, 1.54) is 0 Å². The van der Waals surface area contributed by atoms with Gasteiger partial charge >= 0.3 is 23.9 Å². The third kappa shape index (κ3) is 17.5. The van der Waals surface area contributed by atoms with Crippen molar-refractivity contribution in [2.75, 3.05) is 59.2 Å². The van der Waals surface area contributed by atoms with E-state index in [4.69, 9.17) is 29.2 Å². The smallest absolute Gasteiger partial charge is 0.331 e. The molecule has 17 heteroatoms. The standard InChI is InChI=1S/C34H38O10S7/c35-29(36)9-11-31(39)43-25(19-45-21-33-47-13-14-48-33)17-41-23-1-5-27(6-2-23)51-28-7-3-24(4-8-28)42-18-26(44-32(40)12-10-30(37)38)20-46-22-34-49-15-16-50-34/h1-12,25-26,33-34H,13-22H2,(H,35,36)(H,37,38)/b11-9-,12-10-. The molecule has 4 rings (SSSR count). The second kappa shape index (κ2) is 23.5. The maximum Gasteiger partial charge on any atom is 0.331 e. The van der Waals surface area contributed by atoms with Gasteiger partial charge in [-0.15, -0.1) is 47.0 Å². The van der Waals surface area contributed by atoms with Crippen molar-refractivity contribution in [2.45, 2.75) is 31.2 Å². The molecule has 0 aromatic heterocycles. The van der Waals surface area contributed by atoms with E-state index in [1.54, 1.807) is 35.3 Å². The van der Waals surface area contributed by atoms with E-state index < -0.39 is 36.1 Å². The summed E-state index contributed by atoms with van der Waals surface area (Å²) in [5.74, 6) is 4.83. The Hall–Kier alpha value is -2.15. The lowest BCUT2D eigenvalue weighted by molar-refractivity contribution is -0.144. The Morgan fingerprint density at radius 3 is 1.35 bits per heavy atom. The molecule has 0 spiro atoms. The van der Waals surface area contributed by atoms with Gasteiger partial charge in [0.15, 0.2) is 0 Å².